The first-order valence-corrected chi connectivity index (χ1v) is 9.32. The largest absolute Gasteiger partial charge is 0.339 e. The van der Waals surface area contributed by atoms with Crippen LogP contribution in [0.1, 0.15) is 11.3 Å². The number of nitrogens with zero attached hydrogens (tertiary/aromatic N) is 2. The molecule has 3 aromatic heterocycles. The lowest BCUT2D eigenvalue weighted by Gasteiger charge is -2.02. The van der Waals surface area contributed by atoms with Gasteiger partial charge in [0, 0.05) is 11.8 Å². The number of aromatic amines is 2. The maximum absolute atomic E-state index is 12.2. The van der Waals surface area contributed by atoms with Crippen molar-refractivity contribution in [2.45, 2.75) is 5.16 Å². The second-order valence-corrected chi connectivity index (χ2v) is 6.50. The molecule has 6 heteroatoms. The van der Waals surface area contributed by atoms with Crippen LogP contribution >= 0.6 is 11.8 Å². The van der Waals surface area contributed by atoms with E-state index in [1.807, 2.05) is 66.9 Å². The Kier molecular flexibility index (Phi) is 4.41. The van der Waals surface area contributed by atoms with E-state index in [2.05, 4.69) is 19.9 Å². The summed E-state index contributed by atoms with van der Waals surface area (Å²) < 4.78 is 0. The highest BCUT2D eigenvalue weighted by molar-refractivity contribution is 7.98. The van der Waals surface area contributed by atoms with Gasteiger partial charge in [0.25, 0.3) is 5.56 Å². The second-order valence-electron chi connectivity index (χ2n) is 5.70. The number of fused-ring (bicyclic) bond motifs is 1. The SMILES string of the molecule is CSc1nc2[nH]c(-c3cccnc3C=Cc3ccccc3)cc2c(=O)[nH]1. The molecule has 0 saturated heterocycles. The summed E-state index contributed by atoms with van der Waals surface area (Å²) in [6, 6.07) is 15.7. The van der Waals surface area contributed by atoms with Gasteiger partial charge >= 0.3 is 0 Å². The summed E-state index contributed by atoms with van der Waals surface area (Å²) in [5, 5.41) is 1.13. The van der Waals surface area contributed by atoms with Gasteiger partial charge in [0.2, 0.25) is 0 Å². The topological polar surface area (TPSA) is 74.4 Å². The number of nitrogens with one attached hydrogen (secondary N) is 2. The molecule has 128 valence electrons. The fourth-order valence-electron chi connectivity index (χ4n) is 2.76. The number of benzene rings is 1. The summed E-state index contributed by atoms with van der Waals surface area (Å²) in [6.07, 6.45) is 7.63. The smallest absolute Gasteiger partial charge is 0.261 e. The van der Waals surface area contributed by atoms with Crippen molar-refractivity contribution in [2.75, 3.05) is 6.26 Å². The van der Waals surface area contributed by atoms with E-state index in [4.69, 9.17) is 0 Å². The molecule has 4 rings (SSSR count). The van der Waals surface area contributed by atoms with Crippen molar-refractivity contribution < 1.29 is 0 Å². The molecule has 0 aliphatic carbocycles. The zero-order chi connectivity index (χ0) is 17.9. The molecule has 0 saturated carbocycles. The van der Waals surface area contributed by atoms with Crippen molar-refractivity contribution in [3.05, 3.63) is 76.3 Å². The van der Waals surface area contributed by atoms with Crippen LogP contribution in [0.4, 0.5) is 0 Å². The molecule has 1 aromatic carbocycles. The van der Waals surface area contributed by atoms with Crippen LogP contribution in [-0.2, 0) is 0 Å². The van der Waals surface area contributed by atoms with Crippen molar-refractivity contribution in [1.29, 1.82) is 0 Å². The number of thioether (sulfide) groups is 1. The number of aromatic nitrogens is 4. The Labute approximate surface area is 154 Å². The van der Waals surface area contributed by atoms with Crippen LogP contribution < -0.4 is 5.56 Å². The lowest BCUT2D eigenvalue weighted by molar-refractivity contribution is 0.971. The molecule has 4 aromatic rings. The monoisotopic (exact) mass is 360 g/mol. The van der Waals surface area contributed by atoms with E-state index in [9.17, 15) is 4.79 Å². The number of hydrogen-bond donors (Lipinski definition) is 2. The fourth-order valence-corrected chi connectivity index (χ4v) is 3.14. The third-order valence-corrected chi connectivity index (χ3v) is 4.61. The van der Waals surface area contributed by atoms with Crippen LogP contribution in [0.3, 0.4) is 0 Å². The maximum Gasteiger partial charge on any atom is 0.261 e. The van der Waals surface area contributed by atoms with E-state index in [0.717, 1.165) is 22.5 Å². The number of H-pyrrole nitrogens is 2. The summed E-state index contributed by atoms with van der Waals surface area (Å²) in [5.41, 5.74) is 4.09. The summed E-state index contributed by atoms with van der Waals surface area (Å²) in [4.78, 5) is 27.2. The van der Waals surface area contributed by atoms with Gasteiger partial charge in [0.15, 0.2) is 5.16 Å². The zero-order valence-electron chi connectivity index (χ0n) is 14.1. The van der Waals surface area contributed by atoms with E-state index in [1.54, 1.807) is 6.20 Å². The van der Waals surface area contributed by atoms with Gasteiger partial charge in [-0.15, -0.1) is 0 Å². The highest BCUT2D eigenvalue weighted by Crippen LogP contribution is 2.25. The summed E-state index contributed by atoms with van der Waals surface area (Å²) in [5.74, 6) is 0. The summed E-state index contributed by atoms with van der Waals surface area (Å²) >= 11 is 1.40. The third-order valence-electron chi connectivity index (χ3n) is 4.03. The quantitative estimate of drug-likeness (QED) is 0.422. The van der Waals surface area contributed by atoms with Gasteiger partial charge in [-0.1, -0.05) is 48.2 Å². The molecule has 2 N–H and O–H groups in total. The Balaban J connectivity index is 1.79. The Morgan fingerprint density at radius 1 is 1.04 bits per heavy atom. The number of pyridine rings is 1. The van der Waals surface area contributed by atoms with Crippen molar-refractivity contribution >= 4 is 34.9 Å². The molecule has 0 aliphatic rings. The van der Waals surface area contributed by atoms with E-state index in [1.165, 1.54) is 11.8 Å². The van der Waals surface area contributed by atoms with Gasteiger partial charge in [-0.3, -0.25) is 9.78 Å². The first-order valence-electron chi connectivity index (χ1n) is 8.10. The second kappa shape index (κ2) is 7.01. The van der Waals surface area contributed by atoms with Gasteiger partial charge in [-0.25, -0.2) is 4.98 Å². The molecule has 0 aliphatic heterocycles. The third kappa shape index (κ3) is 3.19. The van der Waals surface area contributed by atoms with Crippen molar-refractivity contribution in [3.8, 4) is 11.3 Å². The Morgan fingerprint density at radius 2 is 1.88 bits per heavy atom. The van der Waals surface area contributed by atoms with Gasteiger partial charge < -0.3 is 9.97 Å². The maximum atomic E-state index is 12.2. The molecule has 5 nitrogen and oxygen atoms in total. The number of rotatable bonds is 4. The van der Waals surface area contributed by atoms with Crippen LogP contribution in [0.5, 0.6) is 0 Å². The van der Waals surface area contributed by atoms with Gasteiger partial charge in [-0.05, 0) is 36.1 Å². The Bertz CT molecular complexity index is 1150. The van der Waals surface area contributed by atoms with E-state index >= 15 is 0 Å². The average molecular weight is 360 g/mol. The van der Waals surface area contributed by atoms with Crippen molar-refractivity contribution in [1.82, 2.24) is 19.9 Å². The van der Waals surface area contributed by atoms with Crippen LogP contribution in [0.2, 0.25) is 0 Å². The molecule has 0 amide bonds. The Morgan fingerprint density at radius 3 is 2.69 bits per heavy atom. The minimum absolute atomic E-state index is 0.146. The Hall–Kier alpha value is -3.12. The van der Waals surface area contributed by atoms with Gasteiger partial charge in [-0.2, -0.15) is 0 Å². The zero-order valence-corrected chi connectivity index (χ0v) is 14.9. The average Bonchev–Trinajstić information content (AvgIpc) is 3.12. The highest BCUT2D eigenvalue weighted by Gasteiger charge is 2.11. The van der Waals surface area contributed by atoms with E-state index < -0.39 is 0 Å². The summed E-state index contributed by atoms with van der Waals surface area (Å²) in [7, 11) is 0. The van der Waals surface area contributed by atoms with E-state index in [0.29, 0.717) is 16.2 Å². The molecule has 0 radical (unpaired) electrons. The van der Waals surface area contributed by atoms with E-state index in [-0.39, 0.29) is 5.56 Å². The van der Waals surface area contributed by atoms with Crippen LogP contribution in [0.15, 0.2) is 64.7 Å². The molecular formula is C20H16N4OS. The first-order chi connectivity index (χ1) is 12.7. The summed E-state index contributed by atoms with van der Waals surface area (Å²) in [6.45, 7) is 0. The van der Waals surface area contributed by atoms with Crippen molar-refractivity contribution in [2.24, 2.45) is 0 Å². The predicted molar refractivity (Wildman–Crippen MR) is 107 cm³/mol. The van der Waals surface area contributed by atoms with Crippen LogP contribution in [-0.4, -0.2) is 26.2 Å². The highest BCUT2D eigenvalue weighted by atomic mass is 32.2. The standard InChI is InChI=1S/C20H16N4OS/c1-26-20-23-18-15(19(25)24-20)12-17(22-18)14-8-5-11-21-16(14)10-9-13-6-3-2-4-7-13/h2-12H,1H3,(H2,22,23,24,25). The normalized spacial score (nSPS) is 11.4. The molecule has 0 atom stereocenters. The molecule has 0 fully saturated rings. The van der Waals surface area contributed by atoms with Crippen LogP contribution in [0.25, 0.3) is 34.4 Å². The number of hydrogen-bond acceptors (Lipinski definition) is 4. The molecule has 3 heterocycles. The molecule has 0 spiro atoms. The van der Waals surface area contributed by atoms with Crippen LogP contribution in [0, 0.1) is 0 Å². The van der Waals surface area contributed by atoms with Crippen molar-refractivity contribution in [3.63, 3.8) is 0 Å². The molecule has 0 unspecified atom stereocenters. The minimum atomic E-state index is -0.146. The lowest BCUT2D eigenvalue weighted by atomic mass is 10.1. The minimum Gasteiger partial charge on any atom is -0.339 e. The first kappa shape index (κ1) is 16.4. The molecule has 0 bridgehead atoms. The van der Waals surface area contributed by atoms with Gasteiger partial charge in [0.05, 0.1) is 16.8 Å². The molecular weight excluding hydrogens is 344 g/mol. The van der Waals surface area contributed by atoms with Gasteiger partial charge in [0.1, 0.15) is 5.65 Å². The molecule has 26 heavy (non-hydrogen) atoms. The fraction of sp³-hybridized carbons (Fsp3) is 0.0500. The lowest BCUT2D eigenvalue weighted by Crippen LogP contribution is -2.07. The predicted octanol–water partition coefficient (Wildman–Crippen LogP) is 4.21.